The first-order chi connectivity index (χ1) is 52.2. The van der Waals surface area contributed by atoms with Gasteiger partial charge in [-0.2, -0.15) is 0 Å². The van der Waals surface area contributed by atoms with E-state index >= 15 is 0 Å². The van der Waals surface area contributed by atoms with E-state index < -0.39 is 91.5 Å². The monoisotopic (exact) mass is 1530 g/mol. The van der Waals surface area contributed by atoms with Crippen molar-refractivity contribution in [2.24, 2.45) is 0 Å². The van der Waals surface area contributed by atoms with E-state index in [1.165, 1.54) is 44.9 Å². The van der Waals surface area contributed by atoms with Gasteiger partial charge >= 0.3 is 33.6 Å². The predicted octanol–water partition coefficient (Wildman–Crippen LogP) is 24.3. The highest BCUT2D eigenvalue weighted by Gasteiger charge is 2.29. The van der Waals surface area contributed by atoms with Gasteiger partial charge in [0.25, 0.3) is 0 Å². The van der Waals surface area contributed by atoms with E-state index in [1.807, 2.05) is 0 Å². The second kappa shape index (κ2) is 79.9. The molecule has 5 unspecified atom stereocenters. The van der Waals surface area contributed by atoms with Crippen molar-refractivity contribution in [1.29, 1.82) is 0 Å². The normalized spacial score (nSPS) is 14.9. The molecule has 0 spiro atoms. The van der Waals surface area contributed by atoms with Gasteiger partial charge in [0, 0.05) is 19.3 Å². The van der Waals surface area contributed by atoms with Gasteiger partial charge in [0.15, 0.2) is 6.10 Å². The summed E-state index contributed by atoms with van der Waals surface area (Å²) in [6.07, 6.45) is 105. The molecule has 18 heteroatoms. The van der Waals surface area contributed by atoms with Crippen LogP contribution in [0, 0.1) is 0 Å². The van der Waals surface area contributed by atoms with Crippen molar-refractivity contribution in [3.8, 4) is 0 Å². The summed E-state index contributed by atoms with van der Waals surface area (Å²) in [5, 5.41) is 20.7. The van der Waals surface area contributed by atoms with Crippen molar-refractivity contribution >= 4 is 33.6 Å². The third-order valence-corrected chi connectivity index (χ3v) is 18.2. The Morgan fingerprint density at radius 1 is 0.271 bits per heavy atom. The highest BCUT2D eigenvalue weighted by Crippen LogP contribution is 2.45. The molecular formula is C89H144O16P2. The summed E-state index contributed by atoms with van der Waals surface area (Å²) >= 11 is 0. The standard InChI is InChI=1S/C89H144O16P2/c1-4-7-10-13-16-19-22-25-28-31-34-37-39-40-41-42-44-47-48-51-54-57-60-63-66-69-72-75-87(92)99-78-84(90)79-101-106(95,96)102-80-85(91)81-103-107(97,98)104-83-86(105-89(94)77-74-71-68-65-62-59-56-53-50-45-36-33-30-27-24-21-18-15-12-9-6-3)82-100-88(93)76-73-70-67-64-61-58-55-52-49-46-43-38-35-32-29-26-23-20-17-14-11-8-5-2/h7,9-10,12,16-21,25-30,34-38,40-41,44-47,49,53,56,62,65,84-86,90-91H,4-6,8,11,13-15,22-24,31-33,39,42-43,48,50-52,54-55,57-61,63-64,66-83H2,1-3H3,(H,95,96)(H,97,98)/b10-7-,12-9-,19-16-,20-17-,21-18-,28-25-,29-26-,30-27-,37-34-,38-35-,41-40-,45-36-,47-44-,49-46-,56-53-,65-62-. The van der Waals surface area contributed by atoms with Crippen LogP contribution < -0.4 is 0 Å². The Bertz CT molecular complexity index is 2720. The van der Waals surface area contributed by atoms with Crippen LogP contribution in [0.2, 0.25) is 0 Å². The van der Waals surface area contributed by atoms with E-state index in [4.69, 9.17) is 32.3 Å². The molecule has 0 amide bonds. The fourth-order valence-electron chi connectivity index (χ4n) is 10.1. The van der Waals surface area contributed by atoms with Gasteiger partial charge in [0.05, 0.1) is 26.4 Å². The number of aliphatic hydroxyl groups is 2. The van der Waals surface area contributed by atoms with Gasteiger partial charge < -0.3 is 34.2 Å². The quantitative estimate of drug-likeness (QED) is 0.0146. The minimum atomic E-state index is -4.96. The molecule has 0 fully saturated rings. The van der Waals surface area contributed by atoms with Gasteiger partial charge in [-0.05, 0) is 167 Å². The summed E-state index contributed by atoms with van der Waals surface area (Å²) in [6, 6.07) is 0. The lowest BCUT2D eigenvalue weighted by molar-refractivity contribution is -0.161. The molecule has 0 bridgehead atoms. The van der Waals surface area contributed by atoms with Crippen LogP contribution in [0.3, 0.4) is 0 Å². The highest BCUT2D eigenvalue weighted by atomic mass is 31.2. The number of rotatable bonds is 75. The number of unbranched alkanes of at least 4 members (excludes halogenated alkanes) is 20. The molecule has 0 aliphatic rings. The fourth-order valence-corrected chi connectivity index (χ4v) is 11.7. The molecule has 0 aliphatic heterocycles. The summed E-state index contributed by atoms with van der Waals surface area (Å²) in [5.74, 6) is -1.66. The summed E-state index contributed by atoms with van der Waals surface area (Å²) in [7, 11) is -9.83. The van der Waals surface area contributed by atoms with Crippen LogP contribution in [0.5, 0.6) is 0 Å². The maximum atomic E-state index is 13.0. The van der Waals surface area contributed by atoms with Gasteiger partial charge in [0.2, 0.25) is 0 Å². The molecule has 107 heavy (non-hydrogen) atoms. The Kier molecular flexibility index (Phi) is 75.7. The lowest BCUT2D eigenvalue weighted by Gasteiger charge is -2.21. The maximum Gasteiger partial charge on any atom is 0.472 e. The number of phosphoric acid groups is 2. The minimum absolute atomic E-state index is 0.0390. The SMILES string of the molecule is CC/C=C\C/C=C\C/C=C\C/C=C\C/C=C\C/C=C\CCCCCCCCCCC(=O)OCC(O)COP(=O)(O)OCC(O)COP(=O)(O)OCC(COC(=O)CCCCCCCCC/C=C\C/C=C\C/C=C\C/C=C\CCCCC)OC(=O)CCCC/C=C\C/C=C\C/C=C\C/C=C\C/C=C\C/C=C\CC. The molecule has 0 aromatic carbocycles. The Labute approximate surface area is 648 Å². The molecule has 0 rings (SSSR count). The number of aliphatic hydroxyl groups excluding tert-OH is 2. The smallest absolute Gasteiger partial charge is 0.463 e. The molecule has 4 N–H and O–H groups in total. The topological polar surface area (TPSA) is 231 Å². The summed E-state index contributed by atoms with van der Waals surface area (Å²) < 4.78 is 61.2. The summed E-state index contributed by atoms with van der Waals surface area (Å²) in [5.41, 5.74) is 0. The number of allylic oxidation sites excluding steroid dienone is 32. The third-order valence-electron chi connectivity index (χ3n) is 16.3. The number of hydrogen-bond donors (Lipinski definition) is 4. The minimum Gasteiger partial charge on any atom is -0.463 e. The van der Waals surface area contributed by atoms with Crippen LogP contribution in [0.25, 0.3) is 0 Å². The Hall–Kier alpha value is -5.61. The van der Waals surface area contributed by atoms with Crippen molar-refractivity contribution < 1.29 is 75.8 Å². The molecule has 606 valence electrons. The molecule has 0 radical (unpaired) electrons. The Balaban J connectivity index is 4.74. The lowest BCUT2D eigenvalue weighted by Crippen LogP contribution is -2.30. The maximum absolute atomic E-state index is 13.0. The molecular weight excluding hydrogens is 1390 g/mol. The molecule has 0 heterocycles. The van der Waals surface area contributed by atoms with Crippen LogP contribution in [0.4, 0.5) is 0 Å². The van der Waals surface area contributed by atoms with Crippen LogP contribution >= 0.6 is 15.6 Å². The first-order valence-electron chi connectivity index (χ1n) is 40.7. The van der Waals surface area contributed by atoms with E-state index in [0.29, 0.717) is 25.7 Å². The molecule has 5 atom stereocenters. The zero-order valence-electron chi connectivity index (χ0n) is 66.2. The number of esters is 3. The zero-order valence-corrected chi connectivity index (χ0v) is 68.0. The summed E-state index contributed by atoms with van der Waals surface area (Å²) in [4.78, 5) is 58.8. The second-order valence-corrected chi connectivity index (χ2v) is 29.4. The van der Waals surface area contributed by atoms with E-state index in [0.717, 1.165) is 180 Å². The van der Waals surface area contributed by atoms with Crippen LogP contribution in [0.15, 0.2) is 194 Å². The van der Waals surface area contributed by atoms with Gasteiger partial charge in [-0.1, -0.05) is 299 Å². The van der Waals surface area contributed by atoms with Crippen molar-refractivity contribution in [1.82, 2.24) is 0 Å². The van der Waals surface area contributed by atoms with Crippen LogP contribution in [-0.4, -0.2) is 95.9 Å². The molecule has 0 aliphatic carbocycles. The zero-order chi connectivity index (χ0) is 78.0. The first-order valence-corrected chi connectivity index (χ1v) is 43.7. The van der Waals surface area contributed by atoms with Crippen molar-refractivity contribution in [3.05, 3.63) is 194 Å². The van der Waals surface area contributed by atoms with Crippen molar-refractivity contribution in [2.45, 2.75) is 309 Å². The number of carbonyl (C=O) groups is 3. The average molecular weight is 1530 g/mol. The largest absolute Gasteiger partial charge is 0.472 e. The van der Waals surface area contributed by atoms with E-state index in [1.54, 1.807) is 0 Å². The van der Waals surface area contributed by atoms with Gasteiger partial charge in [0.1, 0.15) is 25.4 Å². The number of phosphoric ester groups is 2. The second-order valence-electron chi connectivity index (χ2n) is 26.5. The molecule has 0 saturated heterocycles. The molecule has 0 saturated carbocycles. The summed E-state index contributed by atoms with van der Waals surface area (Å²) in [6.45, 7) is 2.33. The van der Waals surface area contributed by atoms with Crippen molar-refractivity contribution in [3.63, 3.8) is 0 Å². The Morgan fingerprint density at radius 2 is 0.495 bits per heavy atom. The fraction of sp³-hybridized carbons (Fsp3) is 0.607. The lowest BCUT2D eigenvalue weighted by atomic mass is 10.1. The predicted molar refractivity (Wildman–Crippen MR) is 444 cm³/mol. The van der Waals surface area contributed by atoms with Gasteiger partial charge in [-0.15, -0.1) is 0 Å². The van der Waals surface area contributed by atoms with E-state index in [9.17, 15) is 43.5 Å². The third kappa shape index (κ3) is 81.2. The molecule has 0 aromatic heterocycles. The Morgan fingerprint density at radius 3 is 0.804 bits per heavy atom. The number of carbonyl (C=O) groups excluding carboxylic acids is 3. The van der Waals surface area contributed by atoms with Gasteiger partial charge in [-0.3, -0.25) is 32.5 Å². The van der Waals surface area contributed by atoms with Crippen LogP contribution in [0.1, 0.15) is 290 Å². The first kappa shape index (κ1) is 101. The highest BCUT2D eigenvalue weighted by molar-refractivity contribution is 7.47. The van der Waals surface area contributed by atoms with E-state index in [-0.39, 0.29) is 19.3 Å². The number of ether oxygens (including phenoxy) is 3. The molecule has 16 nitrogen and oxygen atoms in total. The van der Waals surface area contributed by atoms with Gasteiger partial charge in [-0.25, -0.2) is 9.13 Å². The average Bonchev–Trinajstić information content (AvgIpc) is 0.903. The number of hydrogen-bond acceptors (Lipinski definition) is 14. The molecule has 0 aromatic rings. The van der Waals surface area contributed by atoms with E-state index in [2.05, 4.69) is 215 Å². The van der Waals surface area contributed by atoms with Crippen molar-refractivity contribution in [2.75, 3.05) is 39.6 Å². The van der Waals surface area contributed by atoms with Crippen LogP contribution in [-0.2, 0) is 55.8 Å².